The van der Waals surface area contributed by atoms with Gasteiger partial charge in [-0.1, -0.05) is 41.4 Å². The fourth-order valence-electron chi connectivity index (χ4n) is 3.97. The first-order valence-corrected chi connectivity index (χ1v) is 10.6. The van der Waals surface area contributed by atoms with Gasteiger partial charge in [0.2, 0.25) is 0 Å². The molecule has 0 atom stereocenters. The molecule has 156 valence electrons. The number of likely N-dealkylation sites (N-methyl/N-ethyl adjacent to an activating group) is 1. The SMILES string of the molecule is Cc1cccc(N2C(=O)C(c3ccc(Cl)cc3Cl)=C(N3CCN(C)CC3)C2=O)c1C. The molecule has 0 spiro atoms. The molecule has 1 saturated heterocycles. The molecule has 2 aliphatic rings. The fourth-order valence-corrected chi connectivity index (χ4v) is 4.48. The van der Waals surface area contributed by atoms with Crippen molar-refractivity contribution in [3.05, 3.63) is 68.8 Å². The van der Waals surface area contributed by atoms with Crippen LogP contribution in [0.3, 0.4) is 0 Å². The molecule has 2 heterocycles. The largest absolute Gasteiger partial charge is 0.364 e. The Morgan fingerprint density at radius 2 is 1.60 bits per heavy atom. The summed E-state index contributed by atoms with van der Waals surface area (Å²) in [4.78, 5) is 32.8. The van der Waals surface area contributed by atoms with Crippen molar-refractivity contribution in [3.8, 4) is 0 Å². The van der Waals surface area contributed by atoms with Crippen molar-refractivity contribution < 1.29 is 9.59 Å². The van der Waals surface area contributed by atoms with E-state index in [1.165, 1.54) is 4.90 Å². The fraction of sp³-hybridized carbons (Fsp3) is 0.304. The van der Waals surface area contributed by atoms with Crippen LogP contribution in [0.15, 0.2) is 42.1 Å². The van der Waals surface area contributed by atoms with E-state index in [2.05, 4.69) is 4.90 Å². The summed E-state index contributed by atoms with van der Waals surface area (Å²) in [7, 11) is 2.05. The number of imide groups is 1. The third-order valence-corrected chi connectivity index (χ3v) is 6.44. The van der Waals surface area contributed by atoms with Crippen LogP contribution in [0.4, 0.5) is 5.69 Å². The quantitative estimate of drug-likeness (QED) is 0.668. The van der Waals surface area contributed by atoms with Crippen LogP contribution in [0.2, 0.25) is 10.0 Å². The first-order chi connectivity index (χ1) is 14.3. The first kappa shape index (κ1) is 20.9. The third kappa shape index (κ3) is 3.51. The highest BCUT2D eigenvalue weighted by molar-refractivity contribution is 6.47. The molecule has 0 N–H and O–H groups in total. The topological polar surface area (TPSA) is 43.9 Å². The lowest BCUT2D eigenvalue weighted by Crippen LogP contribution is -2.46. The second kappa shape index (κ2) is 8.06. The van der Waals surface area contributed by atoms with Gasteiger partial charge in [0.25, 0.3) is 11.8 Å². The smallest absolute Gasteiger partial charge is 0.282 e. The lowest BCUT2D eigenvalue weighted by atomic mass is 10.0. The number of nitrogens with zero attached hydrogens (tertiary/aromatic N) is 3. The van der Waals surface area contributed by atoms with Gasteiger partial charge in [0.1, 0.15) is 5.70 Å². The van der Waals surface area contributed by atoms with Crippen molar-refractivity contribution in [2.24, 2.45) is 0 Å². The molecule has 5 nitrogen and oxygen atoms in total. The van der Waals surface area contributed by atoms with E-state index in [4.69, 9.17) is 23.2 Å². The number of amides is 2. The van der Waals surface area contributed by atoms with Gasteiger partial charge in [0, 0.05) is 36.8 Å². The maximum absolute atomic E-state index is 13.7. The van der Waals surface area contributed by atoms with Gasteiger partial charge in [-0.25, -0.2) is 4.90 Å². The molecule has 1 fully saturated rings. The van der Waals surface area contributed by atoms with E-state index in [-0.39, 0.29) is 11.8 Å². The number of piperazine rings is 1. The maximum atomic E-state index is 13.7. The van der Waals surface area contributed by atoms with Crippen molar-refractivity contribution in [3.63, 3.8) is 0 Å². The summed E-state index contributed by atoms with van der Waals surface area (Å²) in [6, 6.07) is 10.7. The number of anilines is 1. The minimum absolute atomic E-state index is 0.306. The number of halogens is 2. The molecule has 0 aromatic heterocycles. The van der Waals surface area contributed by atoms with E-state index < -0.39 is 0 Å². The number of rotatable bonds is 3. The number of benzene rings is 2. The molecular formula is C23H23Cl2N3O2. The number of carbonyl (C=O) groups excluding carboxylic acids is 2. The number of hydrogen-bond donors (Lipinski definition) is 0. The molecule has 0 unspecified atom stereocenters. The molecule has 2 aliphatic heterocycles. The average Bonchev–Trinajstić information content (AvgIpc) is 2.95. The molecule has 0 radical (unpaired) electrons. The molecule has 2 amide bonds. The highest BCUT2D eigenvalue weighted by atomic mass is 35.5. The van der Waals surface area contributed by atoms with Crippen molar-refractivity contribution >= 4 is 46.3 Å². The van der Waals surface area contributed by atoms with Gasteiger partial charge in [-0.15, -0.1) is 0 Å². The Hall–Kier alpha value is -2.34. The summed E-state index contributed by atoms with van der Waals surface area (Å²) in [5.41, 5.74) is 3.82. The average molecular weight is 444 g/mol. The molecule has 30 heavy (non-hydrogen) atoms. The van der Waals surface area contributed by atoms with Crippen LogP contribution in [0.5, 0.6) is 0 Å². The van der Waals surface area contributed by atoms with E-state index in [9.17, 15) is 9.59 Å². The standard InChI is InChI=1S/C23H23Cl2N3O2/c1-14-5-4-6-19(15(14)2)28-22(29)20(17-8-7-16(24)13-18(17)25)21(23(28)30)27-11-9-26(3)10-12-27/h4-8,13H,9-12H2,1-3H3. The van der Waals surface area contributed by atoms with Crippen LogP contribution in [0.25, 0.3) is 5.57 Å². The molecule has 0 aliphatic carbocycles. The number of carbonyl (C=O) groups is 2. The molecular weight excluding hydrogens is 421 g/mol. The Kier molecular flexibility index (Phi) is 5.62. The Morgan fingerprint density at radius 1 is 0.900 bits per heavy atom. The molecule has 2 aromatic carbocycles. The lowest BCUT2D eigenvalue weighted by molar-refractivity contribution is -0.120. The minimum atomic E-state index is -0.355. The summed E-state index contributed by atoms with van der Waals surface area (Å²) in [6.45, 7) is 6.86. The summed E-state index contributed by atoms with van der Waals surface area (Å²) < 4.78 is 0. The molecule has 4 rings (SSSR count). The summed E-state index contributed by atoms with van der Waals surface area (Å²) in [5, 5.41) is 0.835. The molecule has 7 heteroatoms. The van der Waals surface area contributed by atoms with Crippen LogP contribution in [-0.2, 0) is 9.59 Å². The lowest BCUT2D eigenvalue weighted by Gasteiger charge is -2.34. The van der Waals surface area contributed by atoms with Crippen LogP contribution < -0.4 is 4.90 Å². The van der Waals surface area contributed by atoms with Crippen LogP contribution in [-0.4, -0.2) is 54.8 Å². The van der Waals surface area contributed by atoms with Crippen molar-refractivity contribution in [2.75, 3.05) is 38.1 Å². The zero-order valence-electron chi connectivity index (χ0n) is 17.2. The summed E-state index contributed by atoms with van der Waals surface area (Å²) >= 11 is 12.5. The van der Waals surface area contributed by atoms with Gasteiger partial charge in [0.15, 0.2) is 0 Å². The Bertz CT molecular complexity index is 1070. The van der Waals surface area contributed by atoms with Gasteiger partial charge in [-0.2, -0.15) is 0 Å². The maximum Gasteiger partial charge on any atom is 0.282 e. The highest BCUT2D eigenvalue weighted by Crippen LogP contribution is 2.39. The summed E-state index contributed by atoms with van der Waals surface area (Å²) in [6.07, 6.45) is 0. The predicted molar refractivity (Wildman–Crippen MR) is 121 cm³/mol. The van der Waals surface area contributed by atoms with Gasteiger partial charge >= 0.3 is 0 Å². The first-order valence-electron chi connectivity index (χ1n) is 9.87. The van der Waals surface area contributed by atoms with Crippen molar-refractivity contribution in [1.29, 1.82) is 0 Å². The normalized spacial score (nSPS) is 18.0. The summed E-state index contributed by atoms with van der Waals surface area (Å²) in [5.74, 6) is -0.661. The van der Waals surface area contributed by atoms with Gasteiger partial charge in [0.05, 0.1) is 16.3 Å². The second-order valence-electron chi connectivity index (χ2n) is 7.80. The predicted octanol–water partition coefficient (Wildman–Crippen LogP) is 4.14. The van der Waals surface area contributed by atoms with Gasteiger partial charge in [-0.05, 0) is 50.2 Å². The Morgan fingerprint density at radius 3 is 2.27 bits per heavy atom. The van der Waals surface area contributed by atoms with E-state index in [0.717, 1.165) is 24.2 Å². The zero-order valence-corrected chi connectivity index (χ0v) is 18.7. The van der Waals surface area contributed by atoms with E-state index in [0.29, 0.717) is 45.7 Å². The number of aryl methyl sites for hydroxylation is 1. The molecule has 2 aromatic rings. The van der Waals surface area contributed by atoms with Crippen LogP contribution >= 0.6 is 23.2 Å². The van der Waals surface area contributed by atoms with E-state index >= 15 is 0 Å². The monoisotopic (exact) mass is 443 g/mol. The van der Waals surface area contributed by atoms with Crippen molar-refractivity contribution in [1.82, 2.24) is 9.80 Å². The van der Waals surface area contributed by atoms with Gasteiger partial charge in [-0.3, -0.25) is 9.59 Å². The minimum Gasteiger partial charge on any atom is -0.364 e. The van der Waals surface area contributed by atoms with E-state index in [1.54, 1.807) is 18.2 Å². The zero-order chi connectivity index (χ0) is 21.6. The molecule has 0 saturated carbocycles. The van der Waals surface area contributed by atoms with E-state index in [1.807, 2.05) is 44.0 Å². The number of hydrogen-bond acceptors (Lipinski definition) is 4. The Labute approximate surface area is 186 Å². The van der Waals surface area contributed by atoms with Gasteiger partial charge < -0.3 is 9.80 Å². The molecule has 0 bridgehead atoms. The highest BCUT2D eigenvalue weighted by Gasteiger charge is 2.44. The third-order valence-electron chi connectivity index (χ3n) is 5.90. The van der Waals surface area contributed by atoms with Crippen LogP contribution in [0, 0.1) is 13.8 Å². The second-order valence-corrected chi connectivity index (χ2v) is 8.65. The van der Waals surface area contributed by atoms with Crippen LogP contribution in [0.1, 0.15) is 16.7 Å². The Balaban J connectivity index is 1.87. The van der Waals surface area contributed by atoms with Crippen molar-refractivity contribution in [2.45, 2.75) is 13.8 Å².